The van der Waals surface area contributed by atoms with Crippen LogP contribution in [0.25, 0.3) is 0 Å². The van der Waals surface area contributed by atoms with Crippen LogP contribution < -0.4 is 4.72 Å². The molecule has 0 aliphatic rings. The molecule has 0 unspecified atom stereocenters. The van der Waals surface area contributed by atoms with E-state index in [-0.39, 0.29) is 10.7 Å². The summed E-state index contributed by atoms with van der Waals surface area (Å²) in [6.07, 6.45) is 0. The fraction of sp³-hybridized carbons (Fsp3) is 0.133. The van der Waals surface area contributed by atoms with Crippen molar-refractivity contribution in [2.45, 2.75) is 18.7 Å². The fourth-order valence-electron chi connectivity index (χ4n) is 2.02. The molecule has 0 aromatic heterocycles. The van der Waals surface area contributed by atoms with Crippen LogP contribution in [0.2, 0.25) is 5.02 Å². The number of benzene rings is 2. The molecule has 122 valence electrons. The van der Waals surface area contributed by atoms with Gasteiger partial charge in [0.15, 0.2) is 5.75 Å². The molecule has 2 rings (SSSR count). The molecule has 3 N–H and O–H groups in total. The quantitative estimate of drug-likeness (QED) is 0.781. The number of carbonyl (C=O) groups is 1. The fourth-order valence-corrected chi connectivity index (χ4v) is 3.64. The predicted octanol–water partition coefficient (Wildman–Crippen LogP) is 3.16. The third kappa shape index (κ3) is 3.57. The van der Waals surface area contributed by atoms with Crippen LogP contribution in [0.4, 0.5) is 5.69 Å². The zero-order chi connectivity index (χ0) is 17.4. The van der Waals surface area contributed by atoms with Gasteiger partial charge in [-0.1, -0.05) is 17.7 Å². The van der Waals surface area contributed by atoms with Crippen LogP contribution in [-0.4, -0.2) is 24.6 Å². The van der Waals surface area contributed by atoms with Crippen LogP contribution in [-0.2, 0) is 10.0 Å². The first-order valence-electron chi connectivity index (χ1n) is 6.47. The number of anilines is 1. The summed E-state index contributed by atoms with van der Waals surface area (Å²) in [6, 6.07) is 7.11. The maximum Gasteiger partial charge on any atom is 0.339 e. The van der Waals surface area contributed by atoms with Gasteiger partial charge in [0.25, 0.3) is 10.0 Å². The zero-order valence-electron chi connectivity index (χ0n) is 12.3. The van der Waals surface area contributed by atoms with Crippen LogP contribution in [0.5, 0.6) is 5.75 Å². The lowest BCUT2D eigenvalue weighted by atomic mass is 10.1. The molecular formula is C15H14ClNO5S. The molecule has 0 spiro atoms. The van der Waals surface area contributed by atoms with Gasteiger partial charge in [0, 0.05) is 0 Å². The summed E-state index contributed by atoms with van der Waals surface area (Å²) in [6.45, 7) is 3.33. The highest BCUT2D eigenvalue weighted by Crippen LogP contribution is 2.32. The molecule has 2 aromatic carbocycles. The van der Waals surface area contributed by atoms with Crippen molar-refractivity contribution < 1.29 is 23.4 Å². The second-order valence-corrected chi connectivity index (χ2v) is 7.11. The standard InChI is InChI=1S/C15H14ClNO5S/c1-8-3-4-12(11(16)6-8)17-23(21,22)13-7-9(2)5-10(14(13)18)15(19)20/h3-7,17-18H,1-2H3,(H,19,20). The van der Waals surface area contributed by atoms with Crippen LogP contribution in [0.1, 0.15) is 21.5 Å². The van der Waals surface area contributed by atoms with E-state index in [1.165, 1.54) is 25.1 Å². The van der Waals surface area contributed by atoms with Crippen molar-refractivity contribution in [1.29, 1.82) is 0 Å². The summed E-state index contributed by atoms with van der Waals surface area (Å²) in [7, 11) is -4.21. The number of carboxylic acids is 1. The Morgan fingerprint density at radius 3 is 2.35 bits per heavy atom. The Bertz CT molecular complexity index is 893. The van der Waals surface area contributed by atoms with Gasteiger partial charge >= 0.3 is 5.97 Å². The number of carboxylic acid groups (broad SMARTS) is 1. The van der Waals surface area contributed by atoms with Crippen molar-refractivity contribution in [2.75, 3.05) is 4.72 Å². The number of sulfonamides is 1. The number of aromatic carboxylic acids is 1. The molecule has 0 radical (unpaired) electrons. The number of halogens is 1. The van der Waals surface area contributed by atoms with Gasteiger partial charge in [-0.3, -0.25) is 4.72 Å². The summed E-state index contributed by atoms with van der Waals surface area (Å²) >= 11 is 5.99. The lowest BCUT2D eigenvalue weighted by Crippen LogP contribution is -2.15. The van der Waals surface area contributed by atoms with Gasteiger partial charge in [-0.25, -0.2) is 13.2 Å². The summed E-state index contributed by atoms with van der Waals surface area (Å²) in [4.78, 5) is 10.6. The lowest BCUT2D eigenvalue weighted by molar-refractivity contribution is 0.0693. The van der Waals surface area contributed by atoms with E-state index >= 15 is 0 Å². The van der Waals surface area contributed by atoms with Crippen molar-refractivity contribution in [1.82, 2.24) is 0 Å². The van der Waals surface area contributed by atoms with Crippen molar-refractivity contribution >= 4 is 33.3 Å². The van der Waals surface area contributed by atoms with E-state index in [1.54, 1.807) is 19.1 Å². The van der Waals surface area contributed by atoms with E-state index in [2.05, 4.69) is 4.72 Å². The minimum Gasteiger partial charge on any atom is -0.506 e. The van der Waals surface area contributed by atoms with Crippen LogP contribution in [0.3, 0.4) is 0 Å². The highest BCUT2D eigenvalue weighted by molar-refractivity contribution is 7.92. The largest absolute Gasteiger partial charge is 0.506 e. The third-order valence-corrected chi connectivity index (χ3v) is 4.80. The van der Waals surface area contributed by atoms with E-state index in [0.29, 0.717) is 5.56 Å². The Morgan fingerprint density at radius 1 is 1.13 bits per heavy atom. The van der Waals surface area contributed by atoms with E-state index in [1.807, 2.05) is 0 Å². The van der Waals surface area contributed by atoms with Crippen molar-refractivity contribution in [3.63, 3.8) is 0 Å². The molecule has 0 heterocycles. The topological polar surface area (TPSA) is 104 Å². The molecule has 0 aliphatic carbocycles. The van der Waals surface area contributed by atoms with Crippen molar-refractivity contribution in [2.24, 2.45) is 0 Å². The minimum atomic E-state index is -4.21. The van der Waals surface area contributed by atoms with E-state index in [0.717, 1.165) is 5.56 Å². The maximum absolute atomic E-state index is 12.5. The molecule has 0 atom stereocenters. The Balaban J connectivity index is 2.54. The molecule has 0 saturated carbocycles. The molecule has 2 aromatic rings. The van der Waals surface area contributed by atoms with Crippen molar-refractivity contribution in [3.8, 4) is 5.75 Å². The summed E-state index contributed by atoms with van der Waals surface area (Å²) < 4.78 is 27.2. The Hall–Kier alpha value is -2.25. The van der Waals surface area contributed by atoms with E-state index in [9.17, 15) is 18.3 Å². The van der Waals surface area contributed by atoms with Crippen LogP contribution in [0.15, 0.2) is 35.2 Å². The molecule has 0 saturated heterocycles. The minimum absolute atomic E-state index is 0.134. The lowest BCUT2D eigenvalue weighted by Gasteiger charge is -2.13. The molecule has 0 fully saturated rings. The normalized spacial score (nSPS) is 11.3. The molecule has 23 heavy (non-hydrogen) atoms. The van der Waals surface area contributed by atoms with Gasteiger partial charge in [0.1, 0.15) is 10.5 Å². The number of rotatable bonds is 4. The van der Waals surface area contributed by atoms with Gasteiger partial charge in [-0.2, -0.15) is 0 Å². The summed E-state index contributed by atoms with van der Waals surface area (Å²) in [5, 5.41) is 19.2. The van der Waals surface area contributed by atoms with Gasteiger partial charge < -0.3 is 10.2 Å². The Labute approximate surface area is 138 Å². The molecule has 6 nitrogen and oxygen atoms in total. The average Bonchev–Trinajstić information content (AvgIpc) is 2.43. The van der Waals surface area contributed by atoms with E-state index in [4.69, 9.17) is 16.7 Å². The summed E-state index contributed by atoms with van der Waals surface area (Å²) in [5.41, 5.74) is 0.885. The third-order valence-electron chi connectivity index (χ3n) is 3.11. The second-order valence-electron chi connectivity index (χ2n) is 5.05. The Kier molecular flexibility index (Phi) is 4.53. The number of hydrogen-bond donors (Lipinski definition) is 3. The zero-order valence-corrected chi connectivity index (χ0v) is 13.9. The molecule has 8 heteroatoms. The Morgan fingerprint density at radius 2 is 1.78 bits per heavy atom. The molecule has 0 bridgehead atoms. The molecular weight excluding hydrogens is 342 g/mol. The highest BCUT2D eigenvalue weighted by Gasteiger charge is 2.25. The number of phenols is 1. The second kappa shape index (κ2) is 6.10. The van der Waals surface area contributed by atoms with Crippen LogP contribution in [0, 0.1) is 13.8 Å². The van der Waals surface area contributed by atoms with Crippen molar-refractivity contribution in [3.05, 3.63) is 52.0 Å². The molecule has 0 aliphatic heterocycles. The van der Waals surface area contributed by atoms with Crippen LogP contribution >= 0.6 is 11.6 Å². The number of aromatic hydroxyl groups is 1. The smallest absolute Gasteiger partial charge is 0.339 e. The first-order valence-corrected chi connectivity index (χ1v) is 8.34. The number of hydrogen-bond acceptors (Lipinski definition) is 4. The predicted molar refractivity (Wildman–Crippen MR) is 86.8 cm³/mol. The maximum atomic E-state index is 12.5. The van der Waals surface area contributed by atoms with Gasteiger partial charge in [0.2, 0.25) is 0 Å². The van der Waals surface area contributed by atoms with Gasteiger partial charge in [-0.05, 0) is 49.2 Å². The van der Waals surface area contributed by atoms with Gasteiger partial charge in [0.05, 0.1) is 10.7 Å². The highest BCUT2D eigenvalue weighted by atomic mass is 35.5. The van der Waals surface area contributed by atoms with E-state index < -0.39 is 32.2 Å². The first kappa shape index (κ1) is 17.1. The summed E-state index contributed by atoms with van der Waals surface area (Å²) in [5.74, 6) is -2.24. The van der Waals surface area contributed by atoms with Gasteiger partial charge in [-0.15, -0.1) is 0 Å². The first-order chi connectivity index (χ1) is 10.6. The monoisotopic (exact) mass is 355 g/mol. The SMILES string of the molecule is Cc1ccc(NS(=O)(=O)c2cc(C)cc(C(=O)O)c2O)c(Cl)c1. The number of nitrogens with one attached hydrogen (secondary N) is 1. The molecule has 0 amide bonds. The number of aryl methyl sites for hydroxylation is 2. The average molecular weight is 356 g/mol.